The quantitative estimate of drug-likeness (QED) is 0.383. The highest BCUT2D eigenvalue weighted by atomic mass is 16.6. The average Bonchev–Trinajstić information content (AvgIpc) is 3.11. The summed E-state index contributed by atoms with van der Waals surface area (Å²) in [5.74, 6) is -1.19. The number of rotatable bonds is 6. The lowest BCUT2D eigenvalue weighted by atomic mass is 10.1. The number of aryl methyl sites for hydroxylation is 1. The van der Waals surface area contributed by atoms with Gasteiger partial charge < -0.3 is 19.8 Å². The Kier molecular flexibility index (Phi) is 5.25. The van der Waals surface area contributed by atoms with Crippen LogP contribution in [0.5, 0.6) is 5.75 Å². The number of ether oxygens (including phenoxy) is 2. The molecule has 28 heavy (non-hydrogen) atoms. The molecule has 0 aliphatic rings. The minimum absolute atomic E-state index is 0.0155. The SMILES string of the molecule is COc1cc(NC(=O)COC(=O)c2c[nH]c3ccccc23)c(C)cc1[N+](=O)[O-]. The van der Waals surface area contributed by atoms with Gasteiger partial charge in [-0.3, -0.25) is 14.9 Å². The fourth-order valence-corrected chi connectivity index (χ4v) is 2.75. The summed E-state index contributed by atoms with van der Waals surface area (Å²) in [5.41, 5.74) is 1.72. The highest BCUT2D eigenvalue weighted by molar-refractivity contribution is 6.05. The molecular weight excluding hydrogens is 366 g/mol. The number of esters is 1. The molecule has 0 saturated carbocycles. The summed E-state index contributed by atoms with van der Waals surface area (Å²) < 4.78 is 10.1. The van der Waals surface area contributed by atoms with E-state index in [0.717, 1.165) is 5.52 Å². The van der Waals surface area contributed by atoms with Gasteiger partial charge in [0.15, 0.2) is 12.4 Å². The maximum atomic E-state index is 12.2. The highest BCUT2D eigenvalue weighted by Gasteiger charge is 2.19. The number of hydrogen-bond donors (Lipinski definition) is 2. The molecule has 1 aromatic heterocycles. The van der Waals surface area contributed by atoms with E-state index in [1.807, 2.05) is 12.1 Å². The lowest BCUT2D eigenvalue weighted by Crippen LogP contribution is -2.21. The Morgan fingerprint density at radius 3 is 2.71 bits per heavy atom. The number of aromatic amines is 1. The van der Waals surface area contributed by atoms with Gasteiger partial charge in [-0.2, -0.15) is 0 Å². The van der Waals surface area contributed by atoms with Crippen LogP contribution in [0, 0.1) is 17.0 Å². The third kappa shape index (κ3) is 3.78. The first-order valence-corrected chi connectivity index (χ1v) is 8.27. The number of fused-ring (bicyclic) bond motifs is 1. The second-order valence-electron chi connectivity index (χ2n) is 5.97. The number of benzene rings is 2. The largest absolute Gasteiger partial charge is 0.490 e. The molecule has 2 aromatic carbocycles. The lowest BCUT2D eigenvalue weighted by Gasteiger charge is -2.11. The summed E-state index contributed by atoms with van der Waals surface area (Å²) >= 11 is 0. The van der Waals surface area contributed by atoms with Gasteiger partial charge in [0.1, 0.15) is 0 Å². The summed E-state index contributed by atoms with van der Waals surface area (Å²) in [5, 5.41) is 14.3. The number of nitro groups is 1. The van der Waals surface area contributed by atoms with E-state index in [-0.39, 0.29) is 11.4 Å². The van der Waals surface area contributed by atoms with Crippen molar-refractivity contribution >= 4 is 34.2 Å². The summed E-state index contributed by atoms with van der Waals surface area (Å²) in [4.78, 5) is 37.8. The second kappa shape index (κ2) is 7.78. The number of carbonyl (C=O) groups is 2. The molecule has 0 radical (unpaired) electrons. The van der Waals surface area contributed by atoms with Crippen LogP contribution in [-0.2, 0) is 9.53 Å². The van der Waals surface area contributed by atoms with Crippen molar-refractivity contribution in [2.24, 2.45) is 0 Å². The molecule has 0 saturated heterocycles. The van der Waals surface area contributed by atoms with Crippen LogP contribution in [0.3, 0.4) is 0 Å². The molecule has 0 aliphatic carbocycles. The summed E-state index contributed by atoms with van der Waals surface area (Å²) in [6.45, 7) is 1.11. The van der Waals surface area contributed by atoms with Gasteiger partial charge in [-0.15, -0.1) is 0 Å². The van der Waals surface area contributed by atoms with Gasteiger partial charge in [0, 0.05) is 34.9 Å². The molecule has 3 rings (SSSR count). The van der Waals surface area contributed by atoms with Crippen LogP contribution in [-0.4, -0.2) is 35.5 Å². The minimum atomic E-state index is -0.634. The molecule has 9 nitrogen and oxygen atoms in total. The van der Waals surface area contributed by atoms with Gasteiger partial charge in [0.25, 0.3) is 5.91 Å². The van der Waals surface area contributed by atoms with Crippen LogP contribution in [0.1, 0.15) is 15.9 Å². The molecular formula is C19H17N3O6. The molecule has 0 unspecified atom stereocenters. The van der Waals surface area contributed by atoms with E-state index in [1.54, 1.807) is 19.1 Å². The van der Waals surface area contributed by atoms with Gasteiger partial charge in [-0.1, -0.05) is 18.2 Å². The number of H-pyrrole nitrogens is 1. The van der Waals surface area contributed by atoms with Crippen molar-refractivity contribution in [3.8, 4) is 5.75 Å². The molecule has 144 valence electrons. The van der Waals surface area contributed by atoms with Crippen molar-refractivity contribution in [3.05, 3.63) is 63.8 Å². The van der Waals surface area contributed by atoms with Crippen LogP contribution in [0.25, 0.3) is 10.9 Å². The number of carbonyl (C=O) groups excluding carboxylic acids is 2. The van der Waals surface area contributed by atoms with E-state index in [9.17, 15) is 19.7 Å². The number of aromatic nitrogens is 1. The van der Waals surface area contributed by atoms with E-state index in [2.05, 4.69) is 10.3 Å². The first kappa shape index (κ1) is 18.9. The van der Waals surface area contributed by atoms with Gasteiger partial charge in [-0.25, -0.2) is 4.79 Å². The fourth-order valence-electron chi connectivity index (χ4n) is 2.75. The molecule has 3 aromatic rings. The Morgan fingerprint density at radius 2 is 2.00 bits per heavy atom. The molecule has 0 bridgehead atoms. The molecule has 0 aliphatic heterocycles. The second-order valence-corrected chi connectivity index (χ2v) is 5.97. The maximum absolute atomic E-state index is 12.2. The number of methoxy groups -OCH3 is 1. The molecule has 0 fully saturated rings. The van der Waals surface area contributed by atoms with Crippen molar-refractivity contribution in [1.82, 2.24) is 4.98 Å². The molecule has 0 atom stereocenters. The normalized spacial score (nSPS) is 10.5. The average molecular weight is 383 g/mol. The van der Waals surface area contributed by atoms with Crippen molar-refractivity contribution in [2.75, 3.05) is 19.0 Å². The van der Waals surface area contributed by atoms with Crippen LogP contribution < -0.4 is 10.1 Å². The zero-order valence-electron chi connectivity index (χ0n) is 15.1. The monoisotopic (exact) mass is 383 g/mol. The number of nitrogens with zero attached hydrogens (tertiary/aromatic N) is 1. The standard InChI is InChI=1S/C19H17N3O6/c1-11-7-16(22(25)26)17(27-2)8-15(11)21-18(23)10-28-19(24)13-9-20-14-6-4-3-5-12(13)14/h3-9,20H,10H2,1-2H3,(H,21,23). The van der Waals surface area contributed by atoms with Crippen LogP contribution >= 0.6 is 0 Å². The predicted molar refractivity (Wildman–Crippen MR) is 102 cm³/mol. The van der Waals surface area contributed by atoms with Crippen molar-refractivity contribution in [1.29, 1.82) is 0 Å². The van der Waals surface area contributed by atoms with Crippen LogP contribution in [0.4, 0.5) is 11.4 Å². The number of hydrogen-bond acceptors (Lipinski definition) is 6. The van der Waals surface area contributed by atoms with Gasteiger partial charge in [0.05, 0.1) is 17.6 Å². The Morgan fingerprint density at radius 1 is 1.25 bits per heavy atom. The van der Waals surface area contributed by atoms with Crippen molar-refractivity contribution in [3.63, 3.8) is 0 Å². The first-order chi connectivity index (χ1) is 13.4. The number of nitrogens with one attached hydrogen (secondary N) is 2. The summed E-state index contributed by atoms with van der Waals surface area (Å²) in [7, 11) is 1.30. The predicted octanol–water partition coefficient (Wildman–Crippen LogP) is 3.19. The molecule has 9 heteroatoms. The summed E-state index contributed by atoms with van der Waals surface area (Å²) in [6.07, 6.45) is 1.52. The Bertz CT molecular complexity index is 1070. The zero-order valence-corrected chi connectivity index (χ0v) is 15.1. The van der Waals surface area contributed by atoms with Gasteiger partial charge >= 0.3 is 11.7 Å². The minimum Gasteiger partial charge on any atom is -0.490 e. The van der Waals surface area contributed by atoms with Crippen LogP contribution in [0.15, 0.2) is 42.6 Å². The Labute approximate surface area is 159 Å². The van der Waals surface area contributed by atoms with E-state index in [1.165, 1.54) is 25.4 Å². The van der Waals surface area contributed by atoms with E-state index < -0.39 is 23.4 Å². The van der Waals surface area contributed by atoms with Crippen molar-refractivity contribution < 1.29 is 24.0 Å². The van der Waals surface area contributed by atoms with Gasteiger partial charge in [0.2, 0.25) is 0 Å². The third-order valence-electron chi connectivity index (χ3n) is 4.14. The molecule has 1 heterocycles. The number of amides is 1. The van der Waals surface area contributed by atoms with Gasteiger partial charge in [-0.05, 0) is 18.6 Å². The van der Waals surface area contributed by atoms with E-state index in [4.69, 9.17) is 9.47 Å². The molecule has 2 N–H and O–H groups in total. The third-order valence-corrected chi connectivity index (χ3v) is 4.14. The maximum Gasteiger partial charge on any atom is 0.340 e. The topological polar surface area (TPSA) is 124 Å². The number of nitro benzene ring substituents is 1. The Balaban J connectivity index is 1.67. The summed E-state index contributed by atoms with van der Waals surface area (Å²) in [6, 6.07) is 9.88. The fraction of sp³-hybridized carbons (Fsp3) is 0.158. The lowest BCUT2D eigenvalue weighted by molar-refractivity contribution is -0.385. The Hall–Kier alpha value is -3.88. The van der Waals surface area contributed by atoms with E-state index >= 15 is 0 Å². The highest BCUT2D eigenvalue weighted by Crippen LogP contribution is 2.32. The smallest absolute Gasteiger partial charge is 0.340 e. The zero-order chi connectivity index (χ0) is 20.3. The molecule has 0 spiro atoms. The van der Waals surface area contributed by atoms with Crippen molar-refractivity contribution in [2.45, 2.75) is 6.92 Å². The van der Waals surface area contributed by atoms with E-state index in [0.29, 0.717) is 22.2 Å². The number of anilines is 1. The molecule has 1 amide bonds. The number of para-hydroxylation sites is 1. The first-order valence-electron chi connectivity index (χ1n) is 8.27. The van der Waals surface area contributed by atoms with Crippen LogP contribution in [0.2, 0.25) is 0 Å².